The average molecular weight is 317 g/mol. The first-order chi connectivity index (χ1) is 10.8. The van der Waals surface area contributed by atoms with Gasteiger partial charge in [0.25, 0.3) is 0 Å². The number of piperidine rings is 1. The van der Waals surface area contributed by atoms with E-state index < -0.39 is 11.7 Å². The average Bonchev–Trinajstić information content (AvgIpc) is 2.82. The van der Waals surface area contributed by atoms with Crippen molar-refractivity contribution in [2.45, 2.75) is 70.2 Å². The molecule has 1 aromatic rings. The standard InChI is InChI=1S/C19H27NO3/c1-19(2,3)23-18(22)20-15-9-10-16(20)17(21)14(12-15)11-13-7-5-4-6-8-13/h4-8,14-17,21H,9-12H2,1-3H3/t14-,15-,16+,17+/m0/s1. The van der Waals surface area contributed by atoms with E-state index in [4.69, 9.17) is 4.74 Å². The Morgan fingerprint density at radius 1 is 1.26 bits per heavy atom. The Balaban J connectivity index is 1.70. The van der Waals surface area contributed by atoms with Gasteiger partial charge >= 0.3 is 6.09 Å². The van der Waals surface area contributed by atoms with Crippen LogP contribution >= 0.6 is 0 Å². The summed E-state index contributed by atoms with van der Waals surface area (Å²) in [6, 6.07) is 10.4. The second-order valence-electron chi connectivity index (χ2n) is 7.86. The van der Waals surface area contributed by atoms with Gasteiger partial charge in [0.05, 0.1) is 12.1 Å². The first kappa shape index (κ1) is 16.3. The van der Waals surface area contributed by atoms with Crippen molar-refractivity contribution in [3.05, 3.63) is 35.9 Å². The van der Waals surface area contributed by atoms with Crippen LogP contribution in [0.15, 0.2) is 30.3 Å². The lowest BCUT2D eigenvalue weighted by Gasteiger charge is -2.42. The highest BCUT2D eigenvalue weighted by molar-refractivity contribution is 5.69. The van der Waals surface area contributed by atoms with Crippen LogP contribution in [-0.2, 0) is 11.2 Å². The molecule has 2 saturated heterocycles. The number of fused-ring (bicyclic) bond motifs is 2. The van der Waals surface area contributed by atoms with E-state index in [1.165, 1.54) is 5.56 Å². The van der Waals surface area contributed by atoms with Crippen molar-refractivity contribution >= 4 is 6.09 Å². The fraction of sp³-hybridized carbons (Fsp3) is 0.632. The minimum atomic E-state index is -0.498. The lowest BCUT2D eigenvalue weighted by molar-refractivity contribution is -0.0446. The maximum atomic E-state index is 12.5. The van der Waals surface area contributed by atoms with Crippen molar-refractivity contribution in [3.63, 3.8) is 0 Å². The molecule has 2 aliphatic heterocycles. The number of rotatable bonds is 2. The van der Waals surface area contributed by atoms with Crippen molar-refractivity contribution in [3.8, 4) is 0 Å². The van der Waals surface area contributed by atoms with Crippen molar-refractivity contribution in [1.82, 2.24) is 4.90 Å². The molecule has 0 aromatic heterocycles. The van der Waals surface area contributed by atoms with Crippen LogP contribution in [0.2, 0.25) is 0 Å². The number of hydrogen-bond acceptors (Lipinski definition) is 3. The second kappa shape index (κ2) is 6.16. The number of hydrogen-bond donors (Lipinski definition) is 1. The number of ether oxygens (including phenoxy) is 1. The fourth-order valence-corrected chi connectivity index (χ4v) is 4.00. The van der Waals surface area contributed by atoms with Gasteiger partial charge < -0.3 is 9.84 Å². The first-order valence-corrected chi connectivity index (χ1v) is 8.58. The van der Waals surface area contributed by atoms with E-state index in [0.717, 1.165) is 25.7 Å². The van der Waals surface area contributed by atoms with Gasteiger partial charge in [0.1, 0.15) is 5.60 Å². The molecule has 1 N–H and O–H groups in total. The molecular formula is C19H27NO3. The Kier molecular flexibility index (Phi) is 4.37. The number of aliphatic hydroxyl groups is 1. The summed E-state index contributed by atoms with van der Waals surface area (Å²) in [5, 5.41) is 10.8. The maximum absolute atomic E-state index is 12.5. The van der Waals surface area contributed by atoms with Gasteiger partial charge in [-0.05, 0) is 57.9 Å². The third-order valence-corrected chi connectivity index (χ3v) is 4.94. The number of amides is 1. The van der Waals surface area contributed by atoms with E-state index in [1.54, 1.807) is 4.90 Å². The van der Waals surface area contributed by atoms with E-state index >= 15 is 0 Å². The highest BCUT2D eigenvalue weighted by Gasteiger charge is 2.49. The van der Waals surface area contributed by atoms with Crippen LogP contribution < -0.4 is 0 Å². The molecular weight excluding hydrogens is 290 g/mol. The summed E-state index contributed by atoms with van der Waals surface area (Å²) in [6.45, 7) is 5.64. The molecule has 126 valence electrons. The number of benzene rings is 1. The zero-order valence-electron chi connectivity index (χ0n) is 14.2. The van der Waals surface area contributed by atoms with Crippen molar-refractivity contribution in [2.24, 2.45) is 5.92 Å². The molecule has 4 atom stereocenters. The number of aliphatic hydroxyl groups excluding tert-OH is 1. The predicted molar refractivity (Wildman–Crippen MR) is 89.1 cm³/mol. The molecule has 0 radical (unpaired) electrons. The first-order valence-electron chi connectivity index (χ1n) is 8.58. The number of carbonyl (C=O) groups excluding carboxylic acids is 1. The zero-order valence-corrected chi connectivity index (χ0v) is 14.2. The molecule has 4 heteroatoms. The topological polar surface area (TPSA) is 49.8 Å². The highest BCUT2D eigenvalue weighted by Crippen LogP contribution is 2.40. The summed E-state index contributed by atoms with van der Waals surface area (Å²) in [7, 11) is 0. The van der Waals surface area contributed by atoms with Crippen LogP contribution in [0.4, 0.5) is 4.79 Å². The molecule has 1 amide bonds. The van der Waals surface area contributed by atoms with E-state index in [2.05, 4.69) is 12.1 Å². The smallest absolute Gasteiger partial charge is 0.410 e. The fourth-order valence-electron chi connectivity index (χ4n) is 4.00. The maximum Gasteiger partial charge on any atom is 0.410 e. The molecule has 2 bridgehead atoms. The Morgan fingerprint density at radius 2 is 1.96 bits per heavy atom. The van der Waals surface area contributed by atoms with E-state index in [0.29, 0.717) is 0 Å². The number of nitrogens with zero attached hydrogens (tertiary/aromatic N) is 1. The monoisotopic (exact) mass is 317 g/mol. The summed E-state index contributed by atoms with van der Waals surface area (Å²) in [6.07, 6.45) is 2.81. The van der Waals surface area contributed by atoms with Gasteiger partial charge in [-0.3, -0.25) is 4.90 Å². The quantitative estimate of drug-likeness (QED) is 0.910. The van der Waals surface area contributed by atoms with Crippen molar-refractivity contribution in [2.75, 3.05) is 0 Å². The zero-order chi connectivity index (χ0) is 16.6. The van der Waals surface area contributed by atoms with Crippen LogP contribution in [-0.4, -0.2) is 39.9 Å². The predicted octanol–water partition coefficient (Wildman–Crippen LogP) is 3.38. The minimum Gasteiger partial charge on any atom is -0.444 e. The Morgan fingerprint density at radius 3 is 2.61 bits per heavy atom. The summed E-state index contributed by atoms with van der Waals surface area (Å²) in [5.41, 5.74) is 0.754. The molecule has 2 aliphatic rings. The molecule has 0 unspecified atom stereocenters. The molecule has 0 spiro atoms. The molecule has 1 aromatic carbocycles. The molecule has 2 heterocycles. The van der Waals surface area contributed by atoms with Crippen LogP contribution in [0.3, 0.4) is 0 Å². The molecule has 3 rings (SSSR count). The van der Waals surface area contributed by atoms with E-state index in [9.17, 15) is 9.90 Å². The molecule has 0 saturated carbocycles. The Hall–Kier alpha value is -1.55. The van der Waals surface area contributed by atoms with Gasteiger partial charge in [-0.1, -0.05) is 30.3 Å². The molecule has 0 aliphatic carbocycles. The lowest BCUT2D eigenvalue weighted by Crippen LogP contribution is -2.55. The SMILES string of the molecule is CC(C)(C)OC(=O)N1[C@H]2CC[C@@H]1[C@H](O)[C@@H](Cc1ccccc1)C2. The lowest BCUT2D eigenvalue weighted by atomic mass is 9.83. The van der Waals surface area contributed by atoms with Crippen LogP contribution in [0.25, 0.3) is 0 Å². The van der Waals surface area contributed by atoms with Gasteiger partial charge in [-0.25, -0.2) is 4.79 Å². The van der Waals surface area contributed by atoms with E-state index in [1.807, 2.05) is 39.0 Å². The van der Waals surface area contributed by atoms with Crippen LogP contribution in [0, 0.1) is 5.92 Å². The summed E-state index contributed by atoms with van der Waals surface area (Å²) >= 11 is 0. The Bertz CT molecular complexity index is 551. The third-order valence-electron chi connectivity index (χ3n) is 4.94. The minimum absolute atomic E-state index is 0.0997. The van der Waals surface area contributed by atoms with Gasteiger partial charge in [-0.15, -0.1) is 0 Å². The highest BCUT2D eigenvalue weighted by atomic mass is 16.6. The van der Waals surface area contributed by atoms with Crippen molar-refractivity contribution in [1.29, 1.82) is 0 Å². The summed E-state index contributed by atoms with van der Waals surface area (Å²) in [4.78, 5) is 14.3. The van der Waals surface area contributed by atoms with E-state index in [-0.39, 0.29) is 24.1 Å². The Labute approximate surface area is 138 Å². The normalized spacial score (nSPS) is 30.3. The number of carbonyl (C=O) groups is 1. The van der Waals surface area contributed by atoms with Gasteiger partial charge in [-0.2, -0.15) is 0 Å². The third kappa shape index (κ3) is 3.52. The molecule has 2 fully saturated rings. The second-order valence-corrected chi connectivity index (χ2v) is 7.86. The van der Waals surface area contributed by atoms with Gasteiger partial charge in [0, 0.05) is 6.04 Å². The van der Waals surface area contributed by atoms with Crippen LogP contribution in [0.1, 0.15) is 45.6 Å². The van der Waals surface area contributed by atoms with Gasteiger partial charge in [0.15, 0.2) is 0 Å². The summed E-state index contributed by atoms with van der Waals surface area (Å²) < 4.78 is 5.54. The van der Waals surface area contributed by atoms with Gasteiger partial charge in [0.2, 0.25) is 0 Å². The molecule has 4 nitrogen and oxygen atoms in total. The van der Waals surface area contributed by atoms with Crippen LogP contribution in [0.5, 0.6) is 0 Å². The van der Waals surface area contributed by atoms with Crippen molar-refractivity contribution < 1.29 is 14.6 Å². The molecule has 23 heavy (non-hydrogen) atoms. The summed E-state index contributed by atoms with van der Waals surface area (Å²) in [5.74, 6) is 0.216. The largest absolute Gasteiger partial charge is 0.444 e.